The van der Waals surface area contributed by atoms with Crippen molar-refractivity contribution in [2.75, 3.05) is 5.32 Å². The Balaban J connectivity index is 1.75. The molecule has 0 radical (unpaired) electrons. The lowest BCUT2D eigenvalue weighted by Gasteiger charge is -2.08. The minimum Gasteiger partial charge on any atom is -0.487 e. The third-order valence-electron chi connectivity index (χ3n) is 3.36. The Morgan fingerprint density at radius 3 is 3.00 bits per heavy atom. The molecule has 2 aromatic heterocycles. The highest BCUT2D eigenvalue weighted by Crippen LogP contribution is 2.19. The molecular weight excluding hydrogens is 326 g/mol. The Bertz CT molecular complexity index is 946. The van der Waals surface area contributed by atoms with E-state index in [0.717, 1.165) is 4.88 Å². The topological polar surface area (TPSA) is 72.7 Å². The van der Waals surface area contributed by atoms with Crippen molar-refractivity contribution in [3.8, 4) is 5.75 Å². The van der Waals surface area contributed by atoms with Crippen LogP contribution in [0.2, 0.25) is 0 Å². The summed E-state index contributed by atoms with van der Waals surface area (Å²) in [6, 6.07) is 8.61. The molecule has 0 bridgehead atoms. The number of rotatable bonds is 5. The Morgan fingerprint density at radius 2 is 2.21 bits per heavy atom. The van der Waals surface area contributed by atoms with E-state index in [0.29, 0.717) is 28.5 Å². The van der Waals surface area contributed by atoms with Crippen molar-refractivity contribution in [3.63, 3.8) is 0 Å². The number of carbonyl (C=O) groups is 1. The minimum atomic E-state index is -0.119. The van der Waals surface area contributed by atoms with Crippen LogP contribution in [0.25, 0.3) is 4.96 Å². The van der Waals surface area contributed by atoms with Gasteiger partial charge in [0.05, 0.1) is 5.69 Å². The number of thiazole rings is 1. The zero-order valence-electron chi connectivity index (χ0n) is 13.4. The maximum atomic E-state index is 12.1. The summed E-state index contributed by atoms with van der Waals surface area (Å²) in [6.45, 7) is 3.92. The molecule has 24 heavy (non-hydrogen) atoms. The molecule has 0 atom stereocenters. The van der Waals surface area contributed by atoms with Gasteiger partial charge in [0.2, 0.25) is 5.91 Å². The lowest BCUT2D eigenvalue weighted by atomic mass is 10.3. The summed E-state index contributed by atoms with van der Waals surface area (Å²) in [7, 11) is 0. The maximum absolute atomic E-state index is 12.1. The second kappa shape index (κ2) is 6.84. The normalized spacial score (nSPS) is 10.8. The van der Waals surface area contributed by atoms with Crippen molar-refractivity contribution in [2.24, 2.45) is 0 Å². The maximum Gasteiger partial charge on any atom is 0.258 e. The molecule has 7 heteroatoms. The van der Waals surface area contributed by atoms with Crippen molar-refractivity contribution < 1.29 is 9.53 Å². The summed E-state index contributed by atoms with van der Waals surface area (Å²) in [5.41, 5.74) is 1.13. The molecule has 1 aromatic carbocycles. The van der Waals surface area contributed by atoms with Gasteiger partial charge in [0.25, 0.3) is 5.56 Å². The average molecular weight is 343 g/mol. The van der Waals surface area contributed by atoms with Gasteiger partial charge in [-0.25, -0.2) is 4.98 Å². The Kier molecular flexibility index (Phi) is 4.61. The van der Waals surface area contributed by atoms with Gasteiger partial charge in [0.15, 0.2) is 4.96 Å². The van der Waals surface area contributed by atoms with Crippen LogP contribution in [0.5, 0.6) is 5.75 Å². The molecule has 124 valence electrons. The number of carbonyl (C=O) groups excluding carboxylic acids is 1. The molecule has 0 saturated carbocycles. The molecular formula is C17H17N3O3S. The molecule has 0 spiro atoms. The lowest BCUT2D eigenvalue weighted by Crippen LogP contribution is -2.14. The first-order chi connectivity index (χ1) is 11.5. The number of hydrogen-bond donors (Lipinski definition) is 1. The van der Waals surface area contributed by atoms with Crippen LogP contribution in [-0.4, -0.2) is 15.3 Å². The van der Waals surface area contributed by atoms with E-state index >= 15 is 0 Å². The Morgan fingerprint density at radius 1 is 1.38 bits per heavy atom. The van der Waals surface area contributed by atoms with Crippen LogP contribution < -0.4 is 15.6 Å². The number of anilines is 1. The highest BCUT2D eigenvalue weighted by molar-refractivity contribution is 7.16. The number of nitrogens with one attached hydrogen (secondary N) is 1. The Hall–Kier alpha value is -2.67. The number of amides is 1. The van der Waals surface area contributed by atoms with Gasteiger partial charge >= 0.3 is 0 Å². The summed E-state index contributed by atoms with van der Waals surface area (Å²) < 4.78 is 7.23. The van der Waals surface area contributed by atoms with Crippen molar-refractivity contribution >= 4 is 27.9 Å². The highest BCUT2D eigenvalue weighted by Gasteiger charge is 2.07. The van der Waals surface area contributed by atoms with E-state index in [1.807, 2.05) is 6.92 Å². The van der Waals surface area contributed by atoms with Gasteiger partial charge in [-0.1, -0.05) is 13.0 Å². The standard InChI is InChI=1S/C17H17N3O3S/c1-3-15(21)18-12-5-4-6-14(7-12)23-10-13-8-16(22)20-9-11(2)24-17(20)19-13/h4-9H,3,10H2,1-2H3,(H,18,21). The quantitative estimate of drug-likeness (QED) is 0.773. The van der Waals surface area contributed by atoms with E-state index in [-0.39, 0.29) is 18.1 Å². The van der Waals surface area contributed by atoms with E-state index in [1.54, 1.807) is 37.4 Å². The van der Waals surface area contributed by atoms with Crippen LogP contribution in [0.15, 0.2) is 41.3 Å². The zero-order chi connectivity index (χ0) is 17.1. The fraction of sp³-hybridized carbons (Fsp3) is 0.235. The van der Waals surface area contributed by atoms with Gasteiger partial charge in [0, 0.05) is 35.3 Å². The van der Waals surface area contributed by atoms with Crippen molar-refractivity contribution in [2.45, 2.75) is 26.9 Å². The molecule has 0 aliphatic heterocycles. The van der Waals surface area contributed by atoms with Gasteiger partial charge in [-0.2, -0.15) is 0 Å². The molecule has 3 rings (SSSR count). The van der Waals surface area contributed by atoms with Gasteiger partial charge in [-0.05, 0) is 19.1 Å². The third-order valence-corrected chi connectivity index (χ3v) is 4.26. The molecule has 0 unspecified atom stereocenters. The van der Waals surface area contributed by atoms with Crippen LogP contribution in [0.1, 0.15) is 23.9 Å². The first kappa shape index (κ1) is 16.2. The summed E-state index contributed by atoms with van der Waals surface area (Å²) in [5, 5.41) is 2.78. The first-order valence-corrected chi connectivity index (χ1v) is 8.38. The number of hydrogen-bond acceptors (Lipinski definition) is 5. The lowest BCUT2D eigenvalue weighted by molar-refractivity contribution is -0.115. The van der Waals surface area contributed by atoms with E-state index in [9.17, 15) is 9.59 Å². The average Bonchev–Trinajstić information content (AvgIpc) is 2.94. The second-order valence-corrected chi connectivity index (χ2v) is 6.51. The predicted molar refractivity (Wildman–Crippen MR) is 93.8 cm³/mol. The molecule has 0 aliphatic carbocycles. The fourth-order valence-electron chi connectivity index (χ4n) is 2.20. The summed E-state index contributed by atoms with van der Waals surface area (Å²) in [6.07, 6.45) is 2.19. The first-order valence-electron chi connectivity index (χ1n) is 7.56. The van der Waals surface area contributed by atoms with Gasteiger partial charge in [-0.3, -0.25) is 14.0 Å². The fourth-order valence-corrected chi connectivity index (χ4v) is 3.05. The summed E-state index contributed by atoms with van der Waals surface area (Å²) in [4.78, 5) is 29.6. The highest BCUT2D eigenvalue weighted by atomic mass is 32.1. The molecule has 0 saturated heterocycles. The number of aryl methyl sites for hydroxylation is 1. The second-order valence-electron chi connectivity index (χ2n) is 5.30. The molecule has 0 fully saturated rings. The molecule has 3 aromatic rings. The number of ether oxygens (including phenoxy) is 1. The number of aromatic nitrogens is 2. The largest absolute Gasteiger partial charge is 0.487 e. The number of benzene rings is 1. The van der Waals surface area contributed by atoms with Crippen molar-refractivity contribution in [3.05, 3.63) is 57.5 Å². The van der Waals surface area contributed by atoms with Crippen LogP contribution >= 0.6 is 11.3 Å². The summed E-state index contributed by atoms with van der Waals surface area (Å²) in [5.74, 6) is 0.550. The van der Waals surface area contributed by atoms with Gasteiger partial charge in [0.1, 0.15) is 12.4 Å². The van der Waals surface area contributed by atoms with Crippen LogP contribution in [0, 0.1) is 6.92 Å². The summed E-state index contributed by atoms with van der Waals surface area (Å²) >= 11 is 1.46. The van der Waals surface area contributed by atoms with Crippen LogP contribution in [0.3, 0.4) is 0 Å². The molecule has 1 N–H and O–H groups in total. The van der Waals surface area contributed by atoms with Crippen molar-refractivity contribution in [1.29, 1.82) is 0 Å². The van der Waals surface area contributed by atoms with Crippen LogP contribution in [-0.2, 0) is 11.4 Å². The minimum absolute atomic E-state index is 0.0552. The van der Waals surface area contributed by atoms with E-state index in [1.165, 1.54) is 21.8 Å². The number of fused-ring (bicyclic) bond motifs is 1. The molecule has 1 amide bonds. The SMILES string of the molecule is CCC(=O)Nc1cccc(OCc2cc(=O)n3cc(C)sc3n2)c1. The molecule has 2 heterocycles. The Labute approximate surface area is 142 Å². The molecule has 6 nitrogen and oxygen atoms in total. The zero-order valence-corrected chi connectivity index (χ0v) is 14.2. The predicted octanol–water partition coefficient (Wildman–Crippen LogP) is 2.99. The van der Waals surface area contributed by atoms with E-state index in [2.05, 4.69) is 10.3 Å². The van der Waals surface area contributed by atoms with E-state index in [4.69, 9.17) is 4.74 Å². The van der Waals surface area contributed by atoms with E-state index < -0.39 is 0 Å². The number of nitrogens with zero attached hydrogens (tertiary/aromatic N) is 2. The van der Waals surface area contributed by atoms with Gasteiger partial charge < -0.3 is 10.1 Å². The monoisotopic (exact) mass is 343 g/mol. The third kappa shape index (κ3) is 3.62. The van der Waals surface area contributed by atoms with Crippen LogP contribution in [0.4, 0.5) is 5.69 Å². The smallest absolute Gasteiger partial charge is 0.258 e. The molecule has 0 aliphatic rings. The van der Waals surface area contributed by atoms with Gasteiger partial charge in [-0.15, -0.1) is 11.3 Å². The van der Waals surface area contributed by atoms with Crippen molar-refractivity contribution in [1.82, 2.24) is 9.38 Å².